The molecular formula is C10H8MgNO6. The summed E-state index contributed by atoms with van der Waals surface area (Å²) in [5, 5.41) is 20.4. The topological polar surface area (TPSA) is 110 Å². The SMILES string of the molecule is O=C([O-])CC(=O)OCc1ccc([N+](=O)[O-])cc1.[Mg+]. The van der Waals surface area contributed by atoms with Crippen LogP contribution >= 0.6 is 0 Å². The van der Waals surface area contributed by atoms with E-state index < -0.39 is 23.3 Å². The third-order valence-electron chi connectivity index (χ3n) is 1.84. The first kappa shape index (κ1) is 16.3. The second-order valence-corrected chi connectivity index (χ2v) is 3.13. The van der Waals surface area contributed by atoms with E-state index >= 15 is 0 Å². The van der Waals surface area contributed by atoms with E-state index in [0.717, 1.165) is 0 Å². The van der Waals surface area contributed by atoms with E-state index in [2.05, 4.69) is 4.74 Å². The van der Waals surface area contributed by atoms with Crippen molar-refractivity contribution in [1.29, 1.82) is 0 Å². The molecule has 7 nitrogen and oxygen atoms in total. The van der Waals surface area contributed by atoms with E-state index in [-0.39, 0.29) is 35.3 Å². The van der Waals surface area contributed by atoms with Gasteiger partial charge in [-0.05, 0) is 17.7 Å². The number of rotatable bonds is 5. The number of non-ortho nitro benzene ring substituents is 1. The molecule has 1 radical (unpaired) electrons. The minimum Gasteiger partial charge on any atom is -0.550 e. The molecular weight excluding hydrogens is 254 g/mol. The summed E-state index contributed by atoms with van der Waals surface area (Å²) in [6.07, 6.45) is -0.813. The zero-order chi connectivity index (χ0) is 12.8. The van der Waals surface area contributed by atoms with Gasteiger partial charge in [0.05, 0.1) is 17.3 Å². The molecule has 0 saturated carbocycles. The van der Waals surface area contributed by atoms with Crippen LogP contribution in [-0.2, 0) is 20.9 Å². The van der Waals surface area contributed by atoms with Crippen LogP contribution in [0.1, 0.15) is 12.0 Å². The van der Waals surface area contributed by atoms with Crippen LogP contribution in [0.4, 0.5) is 5.69 Å². The van der Waals surface area contributed by atoms with Crippen molar-refractivity contribution in [2.24, 2.45) is 0 Å². The summed E-state index contributed by atoms with van der Waals surface area (Å²) in [5.41, 5.74) is 0.456. The van der Waals surface area contributed by atoms with Gasteiger partial charge in [0.1, 0.15) is 6.61 Å². The fraction of sp³-hybridized carbons (Fsp3) is 0.200. The number of esters is 1. The molecule has 0 unspecified atom stereocenters. The number of nitro benzene ring substituents is 1. The summed E-state index contributed by atoms with van der Waals surface area (Å²) in [7, 11) is 0. The van der Waals surface area contributed by atoms with Gasteiger partial charge >= 0.3 is 29.0 Å². The van der Waals surface area contributed by atoms with Crippen molar-refractivity contribution in [3.63, 3.8) is 0 Å². The first-order valence-corrected chi connectivity index (χ1v) is 4.58. The standard InChI is InChI=1S/C10H9NO6.Mg/c12-9(13)5-10(14)17-6-7-1-3-8(4-2-7)11(15)16;/h1-4H,5-6H2,(H,12,13);/q;+1/p-1. The number of carboxylic acid groups (broad SMARTS) is 1. The average Bonchev–Trinajstić information content (AvgIpc) is 2.26. The normalized spacial score (nSPS) is 9.11. The first-order chi connectivity index (χ1) is 7.99. The van der Waals surface area contributed by atoms with Crippen LogP contribution in [0.25, 0.3) is 0 Å². The monoisotopic (exact) mass is 262 g/mol. The molecule has 8 heteroatoms. The van der Waals surface area contributed by atoms with Gasteiger partial charge in [-0.25, -0.2) is 0 Å². The van der Waals surface area contributed by atoms with Gasteiger partial charge in [-0.15, -0.1) is 0 Å². The Morgan fingerprint density at radius 1 is 1.22 bits per heavy atom. The summed E-state index contributed by atoms with van der Waals surface area (Å²) < 4.78 is 4.61. The largest absolute Gasteiger partial charge is 1.00 e. The molecule has 0 amide bonds. The van der Waals surface area contributed by atoms with Crippen LogP contribution in [0.15, 0.2) is 24.3 Å². The number of ether oxygens (including phenoxy) is 1. The molecule has 0 heterocycles. The molecule has 0 aliphatic carbocycles. The number of carboxylic acids is 1. The molecule has 1 aromatic carbocycles. The maximum Gasteiger partial charge on any atom is 1.00 e. The zero-order valence-electron chi connectivity index (χ0n) is 9.33. The second-order valence-electron chi connectivity index (χ2n) is 3.13. The number of benzene rings is 1. The van der Waals surface area contributed by atoms with Crippen LogP contribution in [0.5, 0.6) is 0 Å². The summed E-state index contributed by atoms with van der Waals surface area (Å²) in [5.74, 6) is -2.43. The van der Waals surface area contributed by atoms with Crippen molar-refractivity contribution in [1.82, 2.24) is 0 Å². The van der Waals surface area contributed by atoms with E-state index in [1.807, 2.05) is 0 Å². The van der Waals surface area contributed by atoms with Crippen molar-refractivity contribution in [2.75, 3.05) is 0 Å². The number of hydrogen-bond donors (Lipinski definition) is 0. The van der Waals surface area contributed by atoms with Crippen molar-refractivity contribution in [3.8, 4) is 0 Å². The Kier molecular flexibility index (Phi) is 6.91. The quantitative estimate of drug-likeness (QED) is 0.230. The van der Waals surface area contributed by atoms with E-state index in [1.165, 1.54) is 24.3 Å². The summed E-state index contributed by atoms with van der Waals surface area (Å²) in [4.78, 5) is 30.7. The van der Waals surface area contributed by atoms with E-state index in [9.17, 15) is 24.8 Å². The van der Waals surface area contributed by atoms with E-state index in [1.54, 1.807) is 0 Å². The van der Waals surface area contributed by atoms with Crippen LogP contribution in [0, 0.1) is 10.1 Å². The molecule has 18 heavy (non-hydrogen) atoms. The Morgan fingerprint density at radius 2 is 1.78 bits per heavy atom. The maximum absolute atomic E-state index is 10.9. The Balaban J connectivity index is 0.00000289. The van der Waals surface area contributed by atoms with Gasteiger partial charge in [-0.2, -0.15) is 0 Å². The summed E-state index contributed by atoms with van der Waals surface area (Å²) >= 11 is 0. The average molecular weight is 262 g/mol. The fourth-order valence-electron chi connectivity index (χ4n) is 1.05. The molecule has 0 aliphatic heterocycles. The van der Waals surface area contributed by atoms with Gasteiger partial charge in [0, 0.05) is 12.1 Å². The van der Waals surface area contributed by atoms with Gasteiger partial charge in [-0.1, -0.05) is 0 Å². The smallest absolute Gasteiger partial charge is 0.550 e. The third-order valence-corrected chi connectivity index (χ3v) is 1.84. The summed E-state index contributed by atoms with van der Waals surface area (Å²) in [6, 6.07) is 5.37. The van der Waals surface area contributed by atoms with Crippen LogP contribution < -0.4 is 5.11 Å². The van der Waals surface area contributed by atoms with Crippen LogP contribution in [-0.4, -0.2) is 39.9 Å². The Labute approximate surface area is 118 Å². The maximum atomic E-state index is 10.9. The molecule has 0 atom stereocenters. The first-order valence-electron chi connectivity index (χ1n) is 4.58. The van der Waals surface area contributed by atoms with Crippen LogP contribution in [0.2, 0.25) is 0 Å². The molecule has 0 bridgehead atoms. The molecule has 1 aromatic rings. The van der Waals surface area contributed by atoms with Crippen molar-refractivity contribution >= 4 is 40.7 Å². The zero-order valence-corrected chi connectivity index (χ0v) is 10.7. The summed E-state index contributed by atoms with van der Waals surface area (Å²) in [6.45, 7) is -0.135. The molecule has 0 fully saturated rings. The van der Waals surface area contributed by atoms with Crippen molar-refractivity contribution in [2.45, 2.75) is 13.0 Å². The van der Waals surface area contributed by atoms with Gasteiger partial charge < -0.3 is 14.6 Å². The van der Waals surface area contributed by atoms with Gasteiger partial charge in [0.25, 0.3) is 5.69 Å². The Bertz CT molecular complexity index is 444. The predicted octanol–water partition coefficient (Wildman–Crippen LogP) is -0.603. The van der Waals surface area contributed by atoms with Gasteiger partial charge in [-0.3, -0.25) is 14.9 Å². The number of nitro groups is 1. The Morgan fingerprint density at radius 3 is 2.22 bits per heavy atom. The number of hydrogen-bond acceptors (Lipinski definition) is 6. The molecule has 0 spiro atoms. The van der Waals surface area contributed by atoms with E-state index in [4.69, 9.17) is 0 Å². The van der Waals surface area contributed by atoms with Crippen LogP contribution in [0.3, 0.4) is 0 Å². The van der Waals surface area contributed by atoms with Crippen molar-refractivity contribution < 1.29 is 24.4 Å². The molecule has 0 saturated heterocycles. The molecule has 0 aliphatic rings. The number of nitrogens with zero attached hydrogens (tertiary/aromatic N) is 1. The minimum atomic E-state index is -1.52. The van der Waals surface area contributed by atoms with Gasteiger partial charge in [0.15, 0.2) is 0 Å². The van der Waals surface area contributed by atoms with E-state index in [0.29, 0.717) is 5.56 Å². The Hall–Kier alpha value is -1.67. The number of carbonyl (C=O) groups excluding carboxylic acids is 2. The molecule has 0 N–H and O–H groups in total. The fourth-order valence-corrected chi connectivity index (χ4v) is 1.05. The molecule has 0 aromatic heterocycles. The van der Waals surface area contributed by atoms with Gasteiger partial charge in [0.2, 0.25) is 0 Å². The predicted molar refractivity (Wildman–Crippen MR) is 58.3 cm³/mol. The second kappa shape index (κ2) is 7.61. The van der Waals surface area contributed by atoms with Crippen molar-refractivity contribution in [3.05, 3.63) is 39.9 Å². The minimum absolute atomic E-state index is 0. The molecule has 1 rings (SSSR count). The number of carbonyl (C=O) groups is 2. The third kappa shape index (κ3) is 5.59. The molecule has 91 valence electrons. The number of aliphatic carboxylic acids is 1.